The third-order valence-corrected chi connectivity index (χ3v) is 1.10. The van der Waals surface area contributed by atoms with Gasteiger partial charge in [0.05, 0.1) is 5.92 Å². The molecule has 0 aliphatic rings. The van der Waals surface area contributed by atoms with Crippen LogP contribution in [0.15, 0.2) is 0 Å². The van der Waals surface area contributed by atoms with Crippen LogP contribution in [0, 0.1) is 5.92 Å². The molecule has 10 heavy (non-hydrogen) atoms. The van der Waals surface area contributed by atoms with Gasteiger partial charge in [0.25, 0.3) is 0 Å². The normalized spacial score (nSPS) is 15.4. The Morgan fingerprint density at radius 3 is 1.90 bits per heavy atom. The van der Waals surface area contributed by atoms with Gasteiger partial charge in [0.1, 0.15) is 6.29 Å². The lowest BCUT2D eigenvalue weighted by atomic mass is 10.1. The van der Waals surface area contributed by atoms with E-state index in [1.807, 2.05) is 0 Å². The smallest absolute Gasteiger partial charge is 0.303 e. The molecule has 0 saturated carbocycles. The van der Waals surface area contributed by atoms with Crippen molar-refractivity contribution in [1.29, 1.82) is 0 Å². The first-order valence-corrected chi connectivity index (χ1v) is 2.54. The van der Waals surface area contributed by atoms with Crippen LogP contribution in [0.25, 0.3) is 0 Å². The van der Waals surface area contributed by atoms with Crippen molar-refractivity contribution in [2.24, 2.45) is 5.92 Å². The Kier molecular flexibility index (Phi) is 2.80. The number of halogens is 4. The van der Waals surface area contributed by atoms with E-state index in [4.69, 9.17) is 0 Å². The number of rotatable bonds is 3. The van der Waals surface area contributed by atoms with Crippen molar-refractivity contribution in [2.45, 2.75) is 19.3 Å². The van der Waals surface area contributed by atoms with E-state index >= 15 is 0 Å². The molecular formula is C5H6F4O. The molecule has 0 N–H and O–H groups in total. The Morgan fingerprint density at radius 2 is 1.80 bits per heavy atom. The fraction of sp³-hybridized carbons (Fsp3) is 0.800. The summed E-state index contributed by atoms with van der Waals surface area (Å²) < 4.78 is 46.6. The van der Waals surface area contributed by atoms with Gasteiger partial charge in [-0.1, -0.05) is 0 Å². The lowest BCUT2D eigenvalue weighted by Gasteiger charge is -2.17. The minimum atomic E-state index is -4.19. The van der Waals surface area contributed by atoms with Gasteiger partial charge in [0.15, 0.2) is 0 Å². The third kappa shape index (κ3) is 1.68. The minimum absolute atomic E-state index is 0.188. The quantitative estimate of drug-likeness (QED) is 0.451. The maximum atomic E-state index is 12.0. The van der Waals surface area contributed by atoms with E-state index in [0.717, 1.165) is 6.92 Å². The predicted octanol–water partition coefficient (Wildman–Crippen LogP) is 1.72. The predicted molar refractivity (Wildman–Crippen MR) is 26.2 cm³/mol. The van der Waals surface area contributed by atoms with Crippen molar-refractivity contribution in [1.82, 2.24) is 0 Å². The van der Waals surface area contributed by atoms with Crippen molar-refractivity contribution >= 4 is 6.29 Å². The molecule has 0 rings (SSSR count). The molecule has 0 aliphatic heterocycles. The van der Waals surface area contributed by atoms with Gasteiger partial charge in [0, 0.05) is 0 Å². The van der Waals surface area contributed by atoms with Crippen LogP contribution in [0.2, 0.25) is 0 Å². The van der Waals surface area contributed by atoms with Gasteiger partial charge in [-0.25, -0.2) is 8.78 Å². The summed E-state index contributed by atoms with van der Waals surface area (Å²) in [5.74, 6) is -6.12. The second-order valence-electron chi connectivity index (χ2n) is 1.90. The molecule has 60 valence electrons. The molecule has 0 radical (unpaired) electrons. The third-order valence-electron chi connectivity index (χ3n) is 1.10. The van der Waals surface area contributed by atoms with Gasteiger partial charge in [0.2, 0.25) is 0 Å². The van der Waals surface area contributed by atoms with Crippen LogP contribution < -0.4 is 0 Å². The number of carbonyl (C=O) groups excluding carboxylic acids is 1. The van der Waals surface area contributed by atoms with Crippen molar-refractivity contribution in [3.05, 3.63) is 0 Å². The number of alkyl halides is 4. The van der Waals surface area contributed by atoms with Gasteiger partial charge >= 0.3 is 12.3 Å². The number of carbonyl (C=O) groups is 1. The highest BCUT2D eigenvalue weighted by atomic mass is 19.3. The fourth-order valence-corrected chi connectivity index (χ4v) is 0.289. The summed E-state index contributed by atoms with van der Waals surface area (Å²) in [6, 6.07) is 0. The van der Waals surface area contributed by atoms with Gasteiger partial charge < -0.3 is 4.79 Å². The molecule has 0 aromatic carbocycles. The first-order valence-electron chi connectivity index (χ1n) is 2.54. The minimum Gasteiger partial charge on any atom is -0.303 e. The molecule has 0 heterocycles. The molecule has 0 aromatic rings. The van der Waals surface area contributed by atoms with E-state index in [-0.39, 0.29) is 6.29 Å². The number of hydrogen-bond acceptors (Lipinski definition) is 1. The van der Waals surface area contributed by atoms with E-state index < -0.39 is 18.3 Å². The molecular weight excluding hydrogens is 152 g/mol. The van der Waals surface area contributed by atoms with E-state index in [1.54, 1.807) is 0 Å². The van der Waals surface area contributed by atoms with Crippen molar-refractivity contribution in [3.63, 3.8) is 0 Å². The van der Waals surface area contributed by atoms with Crippen molar-refractivity contribution in [3.8, 4) is 0 Å². The molecule has 0 spiro atoms. The monoisotopic (exact) mass is 158 g/mol. The maximum absolute atomic E-state index is 12.0. The SMILES string of the molecule is CC(C=O)C(F)(F)C(F)F. The largest absolute Gasteiger partial charge is 0.316 e. The summed E-state index contributed by atoms with van der Waals surface area (Å²) in [5, 5.41) is 0. The van der Waals surface area contributed by atoms with Crippen LogP contribution in [-0.2, 0) is 4.79 Å². The summed E-state index contributed by atoms with van der Waals surface area (Å²) >= 11 is 0. The number of aldehydes is 1. The summed E-state index contributed by atoms with van der Waals surface area (Å²) in [6.07, 6.45) is -3.96. The highest BCUT2D eigenvalue weighted by Gasteiger charge is 2.46. The van der Waals surface area contributed by atoms with Crippen LogP contribution in [0.1, 0.15) is 6.92 Å². The van der Waals surface area contributed by atoms with Crippen LogP contribution >= 0.6 is 0 Å². The average molecular weight is 158 g/mol. The van der Waals surface area contributed by atoms with Crippen LogP contribution in [0.5, 0.6) is 0 Å². The van der Waals surface area contributed by atoms with Crippen LogP contribution in [0.3, 0.4) is 0 Å². The van der Waals surface area contributed by atoms with Crippen molar-refractivity contribution in [2.75, 3.05) is 0 Å². The Morgan fingerprint density at radius 1 is 1.40 bits per heavy atom. The van der Waals surface area contributed by atoms with E-state index in [0.29, 0.717) is 0 Å². The Balaban J connectivity index is 4.22. The molecule has 0 amide bonds. The standard InChI is InChI=1S/C5H6F4O/c1-3(2-10)5(8,9)4(6)7/h2-4H,1H3. The van der Waals surface area contributed by atoms with E-state index in [2.05, 4.69) is 0 Å². The molecule has 0 bridgehead atoms. The second-order valence-corrected chi connectivity index (χ2v) is 1.90. The topological polar surface area (TPSA) is 17.1 Å². The van der Waals surface area contributed by atoms with E-state index in [9.17, 15) is 22.4 Å². The summed E-state index contributed by atoms with van der Waals surface area (Å²) in [7, 11) is 0. The fourth-order valence-electron chi connectivity index (χ4n) is 0.289. The molecule has 0 fully saturated rings. The average Bonchev–Trinajstić information content (AvgIpc) is 1.86. The van der Waals surface area contributed by atoms with Gasteiger partial charge in [-0.2, -0.15) is 8.78 Å². The molecule has 0 aromatic heterocycles. The van der Waals surface area contributed by atoms with Gasteiger partial charge in [-0.3, -0.25) is 0 Å². The molecule has 0 aliphatic carbocycles. The first-order chi connectivity index (χ1) is 4.42. The summed E-state index contributed by atoms with van der Waals surface area (Å²) in [5.41, 5.74) is 0. The maximum Gasteiger partial charge on any atom is 0.316 e. The number of hydrogen-bond donors (Lipinski definition) is 0. The zero-order valence-corrected chi connectivity index (χ0v) is 5.15. The van der Waals surface area contributed by atoms with Gasteiger partial charge in [-0.15, -0.1) is 0 Å². The lowest BCUT2D eigenvalue weighted by Crippen LogP contribution is -2.35. The van der Waals surface area contributed by atoms with Crippen LogP contribution in [0.4, 0.5) is 17.6 Å². The highest BCUT2D eigenvalue weighted by Crippen LogP contribution is 2.29. The Bertz CT molecular complexity index is 123. The van der Waals surface area contributed by atoms with E-state index in [1.165, 1.54) is 0 Å². The zero-order chi connectivity index (χ0) is 8.36. The lowest BCUT2D eigenvalue weighted by molar-refractivity contribution is -0.164. The van der Waals surface area contributed by atoms with Crippen molar-refractivity contribution < 1.29 is 22.4 Å². The molecule has 0 saturated heterocycles. The second kappa shape index (κ2) is 2.98. The highest BCUT2D eigenvalue weighted by molar-refractivity contribution is 5.54. The zero-order valence-electron chi connectivity index (χ0n) is 5.15. The first kappa shape index (κ1) is 9.39. The summed E-state index contributed by atoms with van der Waals surface area (Å²) in [6.45, 7) is 0.749. The van der Waals surface area contributed by atoms with Crippen LogP contribution in [-0.4, -0.2) is 18.6 Å². The Labute approximate surface area is 55.0 Å². The molecule has 5 heteroatoms. The molecule has 1 unspecified atom stereocenters. The molecule has 1 atom stereocenters. The van der Waals surface area contributed by atoms with Gasteiger partial charge in [-0.05, 0) is 6.92 Å². The summed E-state index contributed by atoms with van der Waals surface area (Å²) in [4.78, 5) is 9.64. The Hall–Kier alpha value is -0.610. The molecule has 1 nitrogen and oxygen atoms in total.